The van der Waals surface area contributed by atoms with Crippen molar-refractivity contribution in [3.63, 3.8) is 0 Å². The molecule has 18 heavy (non-hydrogen) atoms. The molecule has 1 unspecified atom stereocenters. The molecule has 0 heterocycles. The number of nitrogens with zero attached hydrogens (tertiary/aromatic N) is 1. The van der Waals surface area contributed by atoms with Crippen LogP contribution in [0.1, 0.15) is 18.5 Å². The van der Waals surface area contributed by atoms with Crippen LogP contribution in [0.4, 0.5) is 0 Å². The molecule has 0 aliphatic rings. The fourth-order valence-corrected chi connectivity index (χ4v) is 1.59. The van der Waals surface area contributed by atoms with E-state index >= 15 is 0 Å². The highest BCUT2D eigenvalue weighted by molar-refractivity contribution is 6.30. The van der Waals surface area contributed by atoms with E-state index in [1.54, 1.807) is 26.2 Å². The van der Waals surface area contributed by atoms with E-state index in [9.17, 15) is 4.79 Å². The molecule has 4 nitrogen and oxygen atoms in total. The van der Waals surface area contributed by atoms with Gasteiger partial charge in [-0.3, -0.25) is 4.79 Å². The zero-order valence-electron chi connectivity index (χ0n) is 11.2. The van der Waals surface area contributed by atoms with Crippen LogP contribution in [-0.4, -0.2) is 38.6 Å². The Balaban J connectivity index is 2.84. The van der Waals surface area contributed by atoms with Gasteiger partial charge in [0.25, 0.3) is 5.91 Å². The minimum atomic E-state index is -0.0759. The van der Waals surface area contributed by atoms with Crippen LogP contribution in [0.5, 0.6) is 5.75 Å². The van der Waals surface area contributed by atoms with E-state index in [-0.39, 0.29) is 18.6 Å². The zero-order valence-corrected chi connectivity index (χ0v) is 11.9. The molecule has 0 saturated carbocycles. The number of ether oxygens (including phenoxy) is 1. The Bertz CT molecular complexity index is 421. The van der Waals surface area contributed by atoms with E-state index in [0.29, 0.717) is 10.8 Å². The lowest BCUT2D eigenvalue weighted by atomic mass is 10.1. The molecule has 0 aromatic heterocycles. The van der Waals surface area contributed by atoms with Gasteiger partial charge in [-0.1, -0.05) is 11.6 Å². The lowest BCUT2D eigenvalue weighted by Crippen LogP contribution is -2.28. The summed E-state index contributed by atoms with van der Waals surface area (Å²) in [5.74, 6) is 0.601. The number of rotatable bonds is 5. The Morgan fingerprint density at radius 2 is 2.17 bits per heavy atom. The SMILES string of the molecule is CNC(C)c1cc(Cl)ccc1OCC(=O)N(C)C. The first kappa shape index (κ1) is 14.8. The van der Waals surface area contributed by atoms with Gasteiger partial charge in [0.1, 0.15) is 5.75 Å². The van der Waals surface area contributed by atoms with Crippen molar-refractivity contribution in [2.75, 3.05) is 27.7 Å². The number of halogens is 1. The van der Waals surface area contributed by atoms with Crippen molar-refractivity contribution in [3.8, 4) is 5.75 Å². The van der Waals surface area contributed by atoms with E-state index in [0.717, 1.165) is 5.56 Å². The first-order valence-electron chi connectivity index (χ1n) is 5.75. The van der Waals surface area contributed by atoms with Crippen molar-refractivity contribution in [2.45, 2.75) is 13.0 Å². The Labute approximate surface area is 113 Å². The van der Waals surface area contributed by atoms with Crippen molar-refractivity contribution in [1.82, 2.24) is 10.2 Å². The monoisotopic (exact) mass is 270 g/mol. The summed E-state index contributed by atoms with van der Waals surface area (Å²) in [6, 6.07) is 5.49. The highest BCUT2D eigenvalue weighted by Crippen LogP contribution is 2.28. The lowest BCUT2D eigenvalue weighted by molar-refractivity contribution is -0.130. The smallest absolute Gasteiger partial charge is 0.259 e. The molecule has 0 aliphatic heterocycles. The van der Waals surface area contributed by atoms with Gasteiger partial charge in [0.05, 0.1) is 0 Å². The quantitative estimate of drug-likeness (QED) is 0.891. The number of carbonyl (C=O) groups is 1. The van der Waals surface area contributed by atoms with Gasteiger partial charge in [-0.15, -0.1) is 0 Å². The van der Waals surface area contributed by atoms with E-state index < -0.39 is 0 Å². The molecule has 1 aromatic carbocycles. The molecular formula is C13H19ClN2O2. The molecule has 1 rings (SSSR count). The Morgan fingerprint density at radius 1 is 1.50 bits per heavy atom. The maximum Gasteiger partial charge on any atom is 0.259 e. The predicted molar refractivity (Wildman–Crippen MR) is 73.1 cm³/mol. The Morgan fingerprint density at radius 3 is 2.72 bits per heavy atom. The van der Waals surface area contributed by atoms with Crippen LogP contribution in [0.25, 0.3) is 0 Å². The Kier molecular flexibility index (Phi) is 5.44. The fraction of sp³-hybridized carbons (Fsp3) is 0.462. The van der Waals surface area contributed by atoms with Crippen LogP contribution in [-0.2, 0) is 4.79 Å². The van der Waals surface area contributed by atoms with Crippen molar-refractivity contribution in [1.29, 1.82) is 0 Å². The minimum Gasteiger partial charge on any atom is -0.483 e. The van der Waals surface area contributed by atoms with Gasteiger partial charge < -0.3 is 15.0 Å². The minimum absolute atomic E-state index is 0.0259. The van der Waals surface area contributed by atoms with Gasteiger partial charge in [-0.2, -0.15) is 0 Å². The highest BCUT2D eigenvalue weighted by Gasteiger charge is 2.12. The summed E-state index contributed by atoms with van der Waals surface area (Å²) in [4.78, 5) is 13.0. The zero-order chi connectivity index (χ0) is 13.7. The summed E-state index contributed by atoms with van der Waals surface area (Å²) in [7, 11) is 5.26. The Hall–Kier alpha value is -1.26. The summed E-state index contributed by atoms with van der Waals surface area (Å²) in [5, 5.41) is 3.78. The van der Waals surface area contributed by atoms with Crippen LogP contribution in [0.3, 0.4) is 0 Å². The second-order valence-corrected chi connectivity index (χ2v) is 4.71. The molecule has 0 fully saturated rings. The third kappa shape index (κ3) is 3.89. The summed E-state index contributed by atoms with van der Waals surface area (Å²) in [6.07, 6.45) is 0. The number of hydrogen-bond acceptors (Lipinski definition) is 3. The number of likely N-dealkylation sites (N-methyl/N-ethyl adjacent to an activating group) is 1. The third-order valence-electron chi connectivity index (χ3n) is 2.72. The molecule has 1 atom stereocenters. The molecule has 0 bridgehead atoms. The second kappa shape index (κ2) is 6.61. The van der Waals surface area contributed by atoms with Crippen LogP contribution in [0, 0.1) is 0 Å². The molecule has 0 radical (unpaired) electrons. The van der Waals surface area contributed by atoms with Crippen LogP contribution >= 0.6 is 11.6 Å². The van der Waals surface area contributed by atoms with Crippen LogP contribution in [0.15, 0.2) is 18.2 Å². The van der Waals surface area contributed by atoms with Crippen molar-refractivity contribution < 1.29 is 9.53 Å². The van der Waals surface area contributed by atoms with Gasteiger partial charge in [0.15, 0.2) is 6.61 Å². The van der Waals surface area contributed by atoms with Gasteiger partial charge in [-0.25, -0.2) is 0 Å². The van der Waals surface area contributed by atoms with E-state index in [2.05, 4.69) is 5.32 Å². The normalized spacial score (nSPS) is 12.1. The number of benzene rings is 1. The van der Waals surface area contributed by atoms with E-state index in [1.807, 2.05) is 20.0 Å². The van der Waals surface area contributed by atoms with Crippen molar-refractivity contribution >= 4 is 17.5 Å². The van der Waals surface area contributed by atoms with Crippen LogP contribution < -0.4 is 10.1 Å². The molecular weight excluding hydrogens is 252 g/mol. The summed E-state index contributed by atoms with van der Waals surface area (Å²) < 4.78 is 5.55. The number of nitrogens with one attached hydrogen (secondary N) is 1. The molecule has 1 N–H and O–H groups in total. The van der Waals surface area contributed by atoms with Crippen LogP contribution in [0.2, 0.25) is 5.02 Å². The third-order valence-corrected chi connectivity index (χ3v) is 2.96. The summed E-state index contributed by atoms with van der Waals surface area (Å²) >= 11 is 5.97. The maximum absolute atomic E-state index is 11.5. The number of carbonyl (C=O) groups excluding carboxylic acids is 1. The maximum atomic E-state index is 11.5. The first-order chi connectivity index (χ1) is 8.45. The standard InChI is InChI=1S/C13H19ClN2O2/c1-9(15-2)11-7-10(14)5-6-12(11)18-8-13(17)16(3)4/h5-7,9,15H,8H2,1-4H3. The fourth-order valence-electron chi connectivity index (χ4n) is 1.41. The summed E-state index contributed by atoms with van der Waals surface area (Å²) in [5.41, 5.74) is 0.941. The van der Waals surface area contributed by atoms with Crippen molar-refractivity contribution in [2.24, 2.45) is 0 Å². The highest BCUT2D eigenvalue weighted by atomic mass is 35.5. The average Bonchev–Trinajstić information content (AvgIpc) is 2.35. The average molecular weight is 271 g/mol. The largest absolute Gasteiger partial charge is 0.483 e. The topological polar surface area (TPSA) is 41.6 Å². The van der Waals surface area contributed by atoms with Gasteiger partial charge >= 0.3 is 0 Å². The molecule has 0 saturated heterocycles. The molecule has 0 spiro atoms. The number of amides is 1. The molecule has 0 aliphatic carbocycles. The lowest BCUT2D eigenvalue weighted by Gasteiger charge is -2.17. The van der Waals surface area contributed by atoms with Gasteiger partial charge in [0, 0.05) is 30.7 Å². The predicted octanol–water partition coefficient (Wildman–Crippen LogP) is 2.09. The first-order valence-corrected chi connectivity index (χ1v) is 6.13. The molecule has 100 valence electrons. The van der Waals surface area contributed by atoms with Crippen molar-refractivity contribution in [3.05, 3.63) is 28.8 Å². The molecule has 5 heteroatoms. The number of hydrogen-bond donors (Lipinski definition) is 1. The van der Waals surface area contributed by atoms with E-state index in [4.69, 9.17) is 16.3 Å². The molecule has 1 amide bonds. The van der Waals surface area contributed by atoms with Gasteiger partial charge in [0.2, 0.25) is 0 Å². The van der Waals surface area contributed by atoms with E-state index in [1.165, 1.54) is 4.90 Å². The molecule has 1 aromatic rings. The van der Waals surface area contributed by atoms with Gasteiger partial charge in [-0.05, 0) is 32.2 Å². The summed E-state index contributed by atoms with van der Waals surface area (Å²) in [6.45, 7) is 2.03. The second-order valence-electron chi connectivity index (χ2n) is 4.27.